The maximum atomic E-state index is 12.9. The summed E-state index contributed by atoms with van der Waals surface area (Å²) in [5, 5.41) is 0. The summed E-state index contributed by atoms with van der Waals surface area (Å²) in [6.45, 7) is 1.95. The highest BCUT2D eigenvalue weighted by Gasteiger charge is 2.17. The van der Waals surface area contributed by atoms with Crippen molar-refractivity contribution in [2.75, 3.05) is 10.5 Å². The van der Waals surface area contributed by atoms with Gasteiger partial charge in [0.2, 0.25) is 0 Å². The molecule has 0 aliphatic rings. The van der Waals surface area contributed by atoms with Gasteiger partial charge in [-0.15, -0.1) is 11.3 Å². The minimum atomic E-state index is -3.67. The number of halogens is 1. The normalized spacial score (nSPS) is 11.5. The molecule has 0 fully saturated rings. The van der Waals surface area contributed by atoms with Gasteiger partial charge in [0.25, 0.3) is 10.0 Å². The van der Waals surface area contributed by atoms with Crippen LogP contribution in [0, 0.1) is 5.82 Å². The van der Waals surface area contributed by atoms with Crippen molar-refractivity contribution in [1.29, 1.82) is 0 Å². The zero-order valence-electron chi connectivity index (χ0n) is 10.2. The number of benzene rings is 1. The third kappa shape index (κ3) is 3.05. The first kappa shape index (κ1) is 13.8. The van der Waals surface area contributed by atoms with E-state index in [1.54, 1.807) is 12.1 Å². The van der Waals surface area contributed by atoms with Crippen LogP contribution in [0.25, 0.3) is 0 Å². The molecule has 4 nitrogen and oxygen atoms in total. The van der Waals surface area contributed by atoms with E-state index in [0.717, 1.165) is 23.4 Å². The van der Waals surface area contributed by atoms with E-state index in [2.05, 4.69) is 4.72 Å². The average molecular weight is 300 g/mol. The minimum Gasteiger partial charge on any atom is -0.397 e. The zero-order valence-corrected chi connectivity index (χ0v) is 11.8. The molecule has 0 saturated heterocycles. The Morgan fingerprint density at radius 1 is 1.32 bits per heavy atom. The fourth-order valence-electron chi connectivity index (χ4n) is 1.51. The fourth-order valence-corrected chi connectivity index (χ4v) is 3.90. The van der Waals surface area contributed by atoms with Gasteiger partial charge in [-0.2, -0.15) is 0 Å². The molecule has 0 saturated carbocycles. The number of anilines is 2. The average Bonchev–Trinajstić information content (AvgIpc) is 2.82. The first-order valence-electron chi connectivity index (χ1n) is 5.59. The van der Waals surface area contributed by atoms with E-state index < -0.39 is 15.8 Å². The summed E-state index contributed by atoms with van der Waals surface area (Å²) in [4.78, 5) is 0.979. The third-order valence-corrected chi connectivity index (χ3v) is 5.60. The van der Waals surface area contributed by atoms with E-state index in [0.29, 0.717) is 0 Å². The van der Waals surface area contributed by atoms with Gasteiger partial charge in [0, 0.05) is 4.88 Å². The van der Waals surface area contributed by atoms with Crippen LogP contribution in [0.5, 0.6) is 0 Å². The highest BCUT2D eigenvalue weighted by molar-refractivity contribution is 7.94. The van der Waals surface area contributed by atoms with Crippen molar-refractivity contribution in [3.63, 3.8) is 0 Å². The van der Waals surface area contributed by atoms with Crippen LogP contribution in [0.15, 0.2) is 34.5 Å². The standard InChI is InChI=1S/C12H13FN2O2S2/c1-2-9-4-6-12(18-9)19(16,17)15-11-5-3-8(13)7-10(11)14/h3-7,15H,2,14H2,1H3. The first-order chi connectivity index (χ1) is 8.92. The quantitative estimate of drug-likeness (QED) is 0.853. The largest absolute Gasteiger partial charge is 0.397 e. The highest BCUT2D eigenvalue weighted by atomic mass is 32.2. The predicted octanol–water partition coefficient (Wildman–Crippen LogP) is 2.83. The summed E-state index contributed by atoms with van der Waals surface area (Å²) in [6.07, 6.45) is 0.777. The van der Waals surface area contributed by atoms with Crippen molar-refractivity contribution in [3.8, 4) is 0 Å². The molecule has 0 aliphatic carbocycles. The van der Waals surface area contributed by atoms with Crippen LogP contribution < -0.4 is 10.5 Å². The summed E-state index contributed by atoms with van der Waals surface area (Å²) < 4.78 is 39.7. The summed E-state index contributed by atoms with van der Waals surface area (Å²) in [5.74, 6) is -0.509. The van der Waals surface area contributed by atoms with Gasteiger partial charge >= 0.3 is 0 Å². The molecule has 19 heavy (non-hydrogen) atoms. The molecule has 102 valence electrons. The summed E-state index contributed by atoms with van der Waals surface area (Å²) >= 11 is 1.20. The Bertz CT molecular complexity index is 696. The maximum Gasteiger partial charge on any atom is 0.271 e. The number of thiophene rings is 1. The Balaban J connectivity index is 2.30. The lowest BCUT2D eigenvalue weighted by atomic mass is 10.3. The van der Waals surface area contributed by atoms with Gasteiger partial charge in [-0.05, 0) is 36.8 Å². The number of rotatable bonds is 4. The van der Waals surface area contributed by atoms with Crippen molar-refractivity contribution >= 4 is 32.7 Å². The fraction of sp³-hybridized carbons (Fsp3) is 0.167. The SMILES string of the molecule is CCc1ccc(S(=O)(=O)Nc2ccc(F)cc2N)s1. The topological polar surface area (TPSA) is 72.2 Å². The van der Waals surface area contributed by atoms with Crippen molar-refractivity contribution in [3.05, 3.63) is 41.0 Å². The smallest absolute Gasteiger partial charge is 0.271 e. The molecule has 1 aromatic heterocycles. The number of hydrogen-bond donors (Lipinski definition) is 2. The van der Waals surface area contributed by atoms with Crippen LogP contribution in [0.4, 0.5) is 15.8 Å². The summed E-state index contributed by atoms with van der Waals surface area (Å²) in [7, 11) is -3.67. The van der Waals surface area contributed by atoms with Crippen molar-refractivity contribution in [2.45, 2.75) is 17.6 Å². The number of sulfonamides is 1. The van der Waals surface area contributed by atoms with Crippen LogP contribution in [0.1, 0.15) is 11.8 Å². The zero-order chi connectivity index (χ0) is 14.0. The second-order valence-corrected chi connectivity index (χ2v) is 6.99. The van der Waals surface area contributed by atoms with E-state index in [9.17, 15) is 12.8 Å². The molecule has 3 N–H and O–H groups in total. The monoisotopic (exact) mass is 300 g/mol. The number of hydrogen-bond acceptors (Lipinski definition) is 4. The van der Waals surface area contributed by atoms with Gasteiger partial charge in [-0.1, -0.05) is 6.92 Å². The molecule has 0 bridgehead atoms. The van der Waals surface area contributed by atoms with Gasteiger partial charge in [0.15, 0.2) is 0 Å². The molecular formula is C12H13FN2O2S2. The first-order valence-corrected chi connectivity index (χ1v) is 7.89. The molecule has 0 spiro atoms. The van der Waals surface area contributed by atoms with Gasteiger partial charge in [-0.25, -0.2) is 12.8 Å². The molecule has 0 radical (unpaired) electrons. The number of nitrogens with two attached hydrogens (primary N) is 1. The maximum absolute atomic E-state index is 12.9. The molecule has 2 rings (SSSR count). The second kappa shape index (κ2) is 5.18. The molecular weight excluding hydrogens is 287 g/mol. The van der Waals surface area contributed by atoms with Crippen LogP contribution in [0.3, 0.4) is 0 Å². The van der Waals surface area contributed by atoms with Gasteiger partial charge < -0.3 is 5.73 Å². The van der Waals surface area contributed by atoms with E-state index in [-0.39, 0.29) is 15.6 Å². The van der Waals surface area contributed by atoms with Gasteiger partial charge in [-0.3, -0.25) is 4.72 Å². The van der Waals surface area contributed by atoms with E-state index in [4.69, 9.17) is 5.73 Å². The number of aryl methyl sites for hydroxylation is 1. The molecule has 7 heteroatoms. The number of nitrogen functional groups attached to an aromatic ring is 1. The lowest BCUT2D eigenvalue weighted by Crippen LogP contribution is -2.12. The highest BCUT2D eigenvalue weighted by Crippen LogP contribution is 2.27. The third-order valence-electron chi connectivity index (χ3n) is 2.51. The molecule has 0 aliphatic heterocycles. The summed E-state index contributed by atoms with van der Waals surface area (Å²) in [5.41, 5.74) is 5.80. The van der Waals surface area contributed by atoms with Crippen LogP contribution in [-0.2, 0) is 16.4 Å². The van der Waals surface area contributed by atoms with Crippen LogP contribution in [-0.4, -0.2) is 8.42 Å². The van der Waals surface area contributed by atoms with Gasteiger partial charge in [0.05, 0.1) is 11.4 Å². The second-order valence-electron chi connectivity index (χ2n) is 3.91. The molecule has 0 atom stereocenters. The Kier molecular flexibility index (Phi) is 3.77. The Hall–Kier alpha value is -1.60. The predicted molar refractivity (Wildman–Crippen MR) is 75.3 cm³/mol. The molecule has 1 heterocycles. The van der Waals surface area contributed by atoms with Crippen molar-refractivity contribution in [1.82, 2.24) is 0 Å². The summed E-state index contributed by atoms with van der Waals surface area (Å²) in [6, 6.07) is 6.85. The Labute approximate surface area is 115 Å². The van der Waals surface area contributed by atoms with E-state index in [1.807, 2.05) is 6.92 Å². The van der Waals surface area contributed by atoms with Crippen LogP contribution in [0.2, 0.25) is 0 Å². The minimum absolute atomic E-state index is 0.0517. The molecule has 0 unspecified atom stereocenters. The number of nitrogens with one attached hydrogen (secondary N) is 1. The Morgan fingerprint density at radius 2 is 2.05 bits per heavy atom. The molecule has 1 aromatic carbocycles. The Morgan fingerprint density at radius 3 is 2.63 bits per heavy atom. The van der Waals surface area contributed by atoms with Crippen LogP contribution >= 0.6 is 11.3 Å². The van der Waals surface area contributed by atoms with E-state index >= 15 is 0 Å². The molecule has 2 aromatic rings. The van der Waals surface area contributed by atoms with Crippen molar-refractivity contribution in [2.24, 2.45) is 0 Å². The molecule has 0 amide bonds. The van der Waals surface area contributed by atoms with Crippen molar-refractivity contribution < 1.29 is 12.8 Å². The lowest BCUT2D eigenvalue weighted by Gasteiger charge is -2.08. The lowest BCUT2D eigenvalue weighted by molar-refractivity contribution is 0.603. The van der Waals surface area contributed by atoms with E-state index in [1.165, 1.54) is 17.4 Å². The van der Waals surface area contributed by atoms with Gasteiger partial charge in [0.1, 0.15) is 10.0 Å².